The molecule has 1 amide bonds. The van der Waals surface area contributed by atoms with E-state index in [4.69, 9.17) is 16.0 Å². The molecule has 128 valence electrons. The van der Waals surface area contributed by atoms with E-state index in [-0.39, 0.29) is 23.8 Å². The molecular weight excluding hydrogens is 340 g/mol. The van der Waals surface area contributed by atoms with Crippen molar-refractivity contribution in [3.63, 3.8) is 0 Å². The average Bonchev–Trinajstić information content (AvgIpc) is 3.05. The summed E-state index contributed by atoms with van der Waals surface area (Å²) in [7, 11) is 1.70. The van der Waals surface area contributed by atoms with Crippen molar-refractivity contribution < 1.29 is 9.21 Å². The van der Waals surface area contributed by atoms with Crippen molar-refractivity contribution in [1.29, 1.82) is 0 Å². The van der Waals surface area contributed by atoms with Crippen LogP contribution in [-0.4, -0.2) is 22.4 Å². The first-order valence-corrected chi connectivity index (χ1v) is 8.15. The molecule has 25 heavy (non-hydrogen) atoms. The third-order valence-electron chi connectivity index (χ3n) is 3.75. The number of rotatable bonds is 5. The van der Waals surface area contributed by atoms with Gasteiger partial charge in [-0.05, 0) is 35.9 Å². The summed E-state index contributed by atoms with van der Waals surface area (Å²) in [6.07, 6.45) is 1.68. The zero-order valence-electron chi connectivity index (χ0n) is 13.7. The van der Waals surface area contributed by atoms with Crippen LogP contribution in [0, 0.1) is 0 Å². The highest BCUT2D eigenvalue weighted by molar-refractivity contribution is 6.30. The van der Waals surface area contributed by atoms with Crippen LogP contribution < -0.4 is 5.56 Å². The van der Waals surface area contributed by atoms with Gasteiger partial charge in [0.05, 0.1) is 6.54 Å². The van der Waals surface area contributed by atoms with E-state index >= 15 is 0 Å². The molecule has 0 radical (unpaired) electrons. The second kappa shape index (κ2) is 7.40. The van der Waals surface area contributed by atoms with Gasteiger partial charge in [0.25, 0.3) is 11.5 Å². The van der Waals surface area contributed by atoms with Gasteiger partial charge in [-0.1, -0.05) is 29.8 Å². The number of halogens is 1. The van der Waals surface area contributed by atoms with E-state index in [0.717, 1.165) is 5.56 Å². The van der Waals surface area contributed by atoms with E-state index in [0.29, 0.717) is 17.3 Å². The van der Waals surface area contributed by atoms with Crippen LogP contribution in [0.2, 0.25) is 5.02 Å². The van der Waals surface area contributed by atoms with Crippen molar-refractivity contribution >= 4 is 17.5 Å². The lowest BCUT2D eigenvalue weighted by molar-refractivity contribution is 0.0751. The maximum absolute atomic E-state index is 12.5. The molecule has 2 aromatic heterocycles. The zero-order chi connectivity index (χ0) is 17.8. The summed E-state index contributed by atoms with van der Waals surface area (Å²) in [5.74, 6) is 0.558. The molecule has 0 aliphatic heterocycles. The van der Waals surface area contributed by atoms with Crippen LogP contribution in [0.25, 0.3) is 0 Å². The molecule has 0 atom stereocenters. The van der Waals surface area contributed by atoms with Gasteiger partial charge in [0.15, 0.2) is 5.76 Å². The van der Waals surface area contributed by atoms with Crippen LogP contribution in [0.1, 0.15) is 21.9 Å². The van der Waals surface area contributed by atoms with E-state index < -0.39 is 0 Å². The van der Waals surface area contributed by atoms with Crippen LogP contribution in [0.15, 0.2) is 70.0 Å². The Morgan fingerprint density at radius 1 is 1.16 bits per heavy atom. The summed E-state index contributed by atoms with van der Waals surface area (Å²) >= 11 is 5.97. The second-order valence-electron chi connectivity index (χ2n) is 5.72. The first-order chi connectivity index (χ1) is 12.0. The molecule has 6 heteroatoms. The van der Waals surface area contributed by atoms with Crippen LogP contribution in [0.3, 0.4) is 0 Å². The Morgan fingerprint density at radius 3 is 2.76 bits per heavy atom. The summed E-state index contributed by atoms with van der Waals surface area (Å²) < 4.78 is 7.13. The lowest BCUT2D eigenvalue weighted by Crippen LogP contribution is -2.25. The zero-order valence-corrected chi connectivity index (χ0v) is 14.4. The Balaban J connectivity index is 1.69. The fraction of sp³-hybridized carbons (Fsp3) is 0.158. The predicted molar refractivity (Wildman–Crippen MR) is 95.8 cm³/mol. The third kappa shape index (κ3) is 4.19. The van der Waals surface area contributed by atoms with Gasteiger partial charge in [0.2, 0.25) is 0 Å². The van der Waals surface area contributed by atoms with Crippen molar-refractivity contribution in [3.8, 4) is 0 Å². The Kier molecular flexibility index (Phi) is 5.05. The van der Waals surface area contributed by atoms with Gasteiger partial charge in [0.1, 0.15) is 5.76 Å². The summed E-state index contributed by atoms with van der Waals surface area (Å²) in [6.45, 7) is 0.707. The quantitative estimate of drug-likeness (QED) is 0.704. The van der Waals surface area contributed by atoms with E-state index in [1.54, 1.807) is 48.5 Å². The van der Waals surface area contributed by atoms with Crippen LogP contribution >= 0.6 is 11.6 Å². The average molecular weight is 357 g/mol. The molecule has 0 bridgehead atoms. The molecule has 3 rings (SSSR count). The maximum atomic E-state index is 12.5. The molecule has 0 saturated carbocycles. The largest absolute Gasteiger partial charge is 0.454 e. The van der Waals surface area contributed by atoms with Crippen molar-refractivity contribution in [2.45, 2.75) is 13.1 Å². The number of pyridine rings is 1. The highest BCUT2D eigenvalue weighted by atomic mass is 35.5. The molecule has 0 saturated heterocycles. The molecule has 3 aromatic rings. The molecule has 5 nitrogen and oxygen atoms in total. The summed E-state index contributed by atoms with van der Waals surface area (Å²) in [5, 5.41) is 0.631. The summed E-state index contributed by atoms with van der Waals surface area (Å²) in [6, 6.07) is 15.6. The predicted octanol–water partition coefficient (Wildman–Crippen LogP) is 3.42. The molecule has 1 aromatic carbocycles. The van der Waals surface area contributed by atoms with E-state index in [9.17, 15) is 9.59 Å². The first kappa shape index (κ1) is 17.0. The van der Waals surface area contributed by atoms with Crippen molar-refractivity contribution in [3.05, 3.63) is 93.3 Å². The fourth-order valence-electron chi connectivity index (χ4n) is 2.51. The van der Waals surface area contributed by atoms with Crippen LogP contribution in [0.4, 0.5) is 0 Å². The molecule has 0 aliphatic carbocycles. The number of nitrogens with zero attached hydrogens (tertiary/aromatic N) is 2. The lowest BCUT2D eigenvalue weighted by atomic mass is 10.2. The van der Waals surface area contributed by atoms with Gasteiger partial charge in [-0.3, -0.25) is 9.59 Å². The third-order valence-corrected chi connectivity index (χ3v) is 3.99. The molecular formula is C19H17ClN2O3. The van der Waals surface area contributed by atoms with Gasteiger partial charge in [-0.25, -0.2) is 0 Å². The van der Waals surface area contributed by atoms with Gasteiger partial charge in [0, 0.05) is 30.9 Å². The summed E-state index contributed by atoms with van der Waals surface area (Å²) in [4.78, 5) is 25.8. The monoisotopic (exact) mass is 356 g/mol. The Bertz CT molecular complexity index is 945. The molecule has 0 aliphatic rings. The second-order valence-corrected chi connectivity index (χ2v) is 6.16. The Morgan fingerprint density at radius 2 is 2.00 bits per heavy atom. The standard InChI is InChI=1S/C19H17ClN2O3/c1-21(12-14-5-4-6-15(20)11-14)19(24)17-9-8-16(25-17)13-22-10-3-2-7-18(22)23/h2-11H,12-13H2,1H3. The number of hydrogen-bond acceptors (Lipinski definition) is 3. The minimum absolute atomic E-state index is 0.121. The van der Waals surface area contributed by atoms with Crippen molar-refractivity contribution in [2.75, 3.05) is 7.05 Å². The van der Waals surface area contributed by atoms with E-state index in [1.807, 2.05) is 18.2 Å². The molecule has 0 unspecified atom stereocenters. The number of furan rings is 1. The van der Waals surface area contributed by atoms with E-state index in [2.05, 4.69) is 0 Å². The molecule has 0 spiro atoms. The molecule has 2 heterocycles. The van der Waals surface area contributed by atoms with Gasteiger partial charge in [-0.15, -0.1) is 0 Å². The van der Waals surface area contributed by atoms with Crippen LogP contribution in [0.5, 0.6) is 0 Å². The number of amides is 1. The SMILES string of the molecule is CN(Cc1cccc(Cl)c1)C(=O)c1ccc(Cn2ccccc2=O)o1. The minimum Gasteiger partial charge on any atom is -0.454 e. The topological polar surface area (TPSA) is 55.5 Å². The smallest absolute Gasteiger partial charge is 0.289 e. The van der Waals surface area contributed by atoms with Gasteiger partial charge < -0.3 is 13.9 Å². The van der Waals surface area contributed by atoms with Crippen LogP contribution in [-0.2, 0) is 13.1 Å². The molecule has 0 fully saturated rings. The number of hydrogen-bond donors (Lipinski definition) is 0. The van der Waals surface area contributed by atoms with Crippen molar-refractivity contribution in [2.24, 2.45) is 0 Å². The number of carbonyl (C=O) groups excluding carboxylic acids is 1. The maximum Gasteiger partial charge on any atom is 0.289 e. The van der Waals surface area contributed by atoms with Gasteiger partial charge in [-0.2, -0.15) is 0 Å². The Labute approximate surface area is 150 Å². The highest BCUT2D eigenvalue weighted by Crippen LogP contribution is 2.15. The molecule has 0 N–H and O–H groups in total. The lowest BCUT2D eigenvalue weighted by Gasteiger charge is -2.16. The number of aromatic nitrogens is 1. The number of benzene rings is 1. The number of carbonyl (C=O) groups is 1. The van der Waals surface area contributed by atoms with Crippen molar-refractivity contribution in [1.82, 2.24) is 9.47 Å². The highest BCUT2D eigenvalue weighted by Gasteiger charge is 2.16. The normalized spacial score (nSPS) is 10.6. The fourth-order valence-corrected chi connectivity index (χ4v) is 2.72. The van der Waals surface area contributed by atoms with Gasteiger partial charge >= 0.3 is 0 Å². The Hall–Kier alpha value is -2.79. The van der Waals surface area contributed by atoms with E-state index in [1.165, 1.54) is 10.6 Å². The first-order valence-electron chi connectivity index (χ1n) is 7.77. The minimum atomic E-state index is -0.230. The summed E-state index contributed by atoms with van der Waals surface area (Å²) in [5.41, 5.74) is 0.816.